The highest BCUT2D eigenvalue weighted by Gasteiger charge is 2.17. The fraction of sp³-hybridized carbons (Fsp3) is 0.211. The summed E-state index contributed by atoms with van der Waals surface area (Å²) in [5, 5.41) is 10.9. The van der Waals surface area contributed by atoms with Gasteiger partial charge in [-0.1, -0.05) is 30.3 Å². The topological polar surface area (TPSA) is 79.2 Å². The maximum Gasteiger partial charge on any atom is 0.319 e. The van der Waals surface area contributed by atoms with Gasteiger partial charge in [0, 0.05) is 10.6 Å². The second-order valence-electron chi connectivity index (χ2n) is 5.26. The summed E-state index contributed by atoms with van der Waals surface area (Å²) in [6.07, 6.45) is 0.322. The van der Waals surface area contributed by atoms with Crippen LogP contribution in [0.4, 0.5) is 5.69 Å². The molecule has 0 aromatic heterocycles. The molecule has 1 N–H and O–H groups in total. The zero-order chi connectivity index (χ0) is 18.1. The Balaban J connectivity index is 1.77. The van der Waals surface area contributed by atoms with E-state index < -0.39 is 17.1 Å². The Labute approximate surface area is 151 Å². The fourth-order valence-corrected chi connectivity index (χ4v) is 2.89. The largest absolute Gasteiger partial charge is 0.455 e. The molecule has 0 aliphatic heterocycles. The summed E-state index contributed by atoms with van der Waals surface area (Å²) in [6.45, 7) is 1.41. The molecular weight excluding hydrogens is 336 g/mol. The molecule has 0 aliphatic carbocycles. The molecule has 1 atom stereocenters. The van der Waals surface area contributed by atoms with Crippen LogP contribution in [0.5, 0.6) is 0 Å². The third kappa shape index (κ3) is 6.32. The Bertz CT molecular complexity index is 754. The van der Waals surface area contributed by atoms with Crippen molar-refractivity contribution in [2.45, 2.75) is 23.5 Å². The lowest BCUT2D eigenvalue weighted by atomic mass is 10.1. The van der Waals surface area contributed by atoms with Gasteiger partial charge in [0.15, 0.2) is 6.61 Å². The molecule has 0 saturated heterocycles. The maximum atomic E-state index is 12.0. The van der Waals surface area contributed by atoms with E-state index in [0.29, 0.717) is 12.1 Å². The third-order valence-corrected chi connectivity index (χ3v) is 4.34. The summed E-state index contributed by atoms with van der Waals surface area (Å²) in [4.78, 5) is 24.8. The van der Waals surface area contributed by atoms with Crippen molar-refractivity contribution >= 4 is 29.3 Å². The van der Waals surface area contributed by atoms with Gasteiger partial charge in [0.25, 0.3) is 5.91 Å². The average Bonchev–Trinajstić information content (AvgIpc) is 2.62. The van der Waals surface area contributed by atoms with Crippen molar-refractivity contribution in [1.82, 2.24) is 0 Å². The Morgan fingerprint density at radius 3 is 2.48 bits per heavy atom. The second-order valence-corrected chi connectivity index (χ2v) is 6.68. The molecule has 0 fully saturated rings. The summed E-state index contributed by atoms with van der Waals surface area (Å²) < 4.78 is 5.06. The number of hydrogen-bond acceptors (Lipinski definition) is 5. The minimum Gasteiger partial charge on any atom is -0.455 e. The van der Waals surface area contributed by atoms with E-state index in [1.807, 2.05) is 30.3 Å². The lowest BCUT2D eigenvalue weighted by Crippen LogP contribution is -2.24. The number of carbonyl (C=O) groups excluding carboxylic acids is 2. The van der Waals surface area contributed by atoms with Gasteiger partial charge in [-0.2, -0.15) is 5.26 Å². The Morgan fingerprint density at radius 2 is 1.84 bits per heavy atom. The van der Waals surface area contributed by atoms with Crippen LogP contribution in [0.15, 0.2) is 59.5 Å². The number of ether oxygens (including phenoxy) is 1. The van der Waals surface area contributed by atoms with Gasteiger partial charge >= 0.3 is 5.97 Å². The first-order valence-electron chi connectivity index (χ1n) is 7.72. The molecule has 2 rings (SSSR count). The standard InChI is InChI=1S/C19H18N2O3S/c1-14(25-17-5-3-2-4-6-17)19(23)24-13-18(22)21-16-9-7-15(8-10-16)11-12-20/h2-10,14H,11,13H2,1H3,(H,21,22)/t14-/m0/s1. The van der Waals surface area contributed by atoms with E-state index in [2.05, 4.69) is 11.4 Å². The van der Waals surface area contributed by atoms with Crippen molar-refractivity contribution < 1.29 is 14.3 Å². The summed E-state index contributed by atoms with van der Waals surface area (Å²) in [5.41, 5.74) is 1.47. The molecule has 128 valence electrons. The van der Waals surface area contributed by atoms with Gasteiger partial charge in [-0.15, -0.1) is 11.8 Å². The molecule has 0 saturated carbocycles. The highest BCUT2D eigenvalue weighted by molar-refractivity contribution is 8.00. The fourth-order valence-electron chi connectivity index (χ4n) is 2.00. The third-order valence-electron chi connectivity index (χ3n) is 3.25. The van der Waals surface area contributed by atoms with Crippen molar-refractivity contribution in [3.8, 4) is 6.07 Å². The summed E-state index contributed by atoms with van der Waals surface area (Å²) >= 11 is 1.38. The first kappa shape index (κ1) is 18.6. The highest BCUT2D eigenvalue weighted by atomic mass is 32.2. The number of hydrogen-bond donors (Lipinski definition) is 1. The average molecular weight is 354 g/mol. The van der Waals surface area contributed by atoms with Crippen molar-refractivity contribution in [3.05, 3.63) is 60.2 Å². The number of rotatable bonds is 7. The van der Waals surface area contributed by atoms with Crippen LogP contribution >= 0.6 is 11.8 Å². The van der Waals surface area contributed by atoms with Gasteiger partial charge < -0.3 is 10.1 Å². The summed E-state index contributed by atoms with van der Waals surface area (Å²) in [7, 11) is 0. The van der Waals surface area contributed by atoms with E-state index in [-0.39, 0.29) is 6.61 Å². The van der Waals surface area contributed by atoms with Crippen LogP contribution in [-0.2, 0) is 20.7 Å². The Kier molecular flexibility index (Phi) is 7.05. The normalized spacial score (nSPS) is 11.2. The molecule has 5 nitrogen and oxygen atoms in total. The molecular formula is C19H18N2O3S. The molecule has 2 aromatic carbocycles. The Hall–Kier alpha value is -2.78. The number of carbonyl (C=O) groups is 2. The zero-order valence-corrected chi connectivity index (χ0v) is 14.6. The van der Waals surface area contributed by atoms with Crippen LogP contribution in [-0.4, -0.2) is 23.7 Å². The molecule has 0 aliphatic rings. The smallest absolute Gasteiger partial charge is 0.319 e. The Morgan fingerprint density at radius 1 is 1.16 bits per heavy atom. The van der Waals surface area contributed by atoms with Crippen LogP contribution in [0.3, 0.4) is 0 Å². The molecule has 0 unspecified atom stereocenters. The van der Waals surface area contributed by atoms with Crippen molar-refractivity contribution in [2.75, 3.05) is 11.9 Å². The zero-order valence-electron chi connectivity index (χ0n) is 13.8. The van der Waals surface area contributed by atoms with Gasteiger partial charge in [0.05, 0.1) is 12.5 Å². The van der Waals surface area contributed by atoms with Crippen LogP contribution in [0, 0.1) is 11.3 Å². The van der Waals surface area contributed by atoms with Gasteiger partial charge in [-0.25, -0.2) is 0 Å². The van der Waals surface area contributed by atoms with Crippen LogP contribution < -0.4 is 5.32 Å². The quantitative estimate of drug-likeness (QED) is 0.609. The minimum absolute atomic E-state index is 0.322. The van der Waals surface area contributed by atoms with Crippen LogP contribution in [0.25, 0.3) is 0 Å². The number of esters is 1. The molecule has 1 amide bonds. The molecule has 2 aromatic rings. The minimum atomic E-state index is -0.437. The second kappa shape index (κ2) is 9.50. The molecule has 0 spiro atoms. The van der Waals surface area contributed by atoms with Crippen molar-refractivity contribution in [1.29, 1.82) is 5.26 Å². The van der Waals surface area contributed by atoms with E-state index in [9.17, 15) is 9.59 Å². The predicted molar refractivity (Wildman–Crippen MR) is 97.1 cm³/mol. The van der Waals surface area contributed by atoms with E-state index in [4.69, 9.17) is 10.00 Å². The van der Waals surface area contributed by atoms with E-state index >= 15 is 0 Å². The molecule has 0 bridgehead atoms. The number of nitrogens with zero attached hydrogens (tertiary/aromatic N) is 1. The van der Waals surface area contributed by atoms with Crippen LogP contribution in [0.2, 0.25) is 0 Å². The number of benzene rings is 2. The predicted octanol–water partition coefficient (Wildman–Crippen LogP) is 3.42. The number of nitriles is 1. The number of anilines is 1. The number of nitrogens with one attached hydrogen (secondary N) is 1. The number of thioether (sulfide) groups is 1. The first-order valence-corrected chi connectivity index (χ1v) is 8.60. The lowest BCUT2D eigenvalue weighted by Gasteiger charge is -2.11. The van der Waals surface area contributed by atoms with Gasteiger partial charge in [-0.3, -0.25) is 9.59 Å². The van der Waals surface area contributed by atoms with E-state index in [1.54, 1.807) is 31.2 Å². The van der Waals surface area contributed by atoms with Crippen LogP contribution in [0.1, 0.15) is 12.5 Å². The van der Waals surface area contributed by atoms with Crippen molar-refractivity contribution in [3.63, 3.8) is 0 Å². The van der Waals surface area contributed by atoms with Gasteiger partial charge in [-0.05, 0) is 36.8 Å². The SMILES string of the molecule is C[C@H](Sc1ccccc1)C(=O)OCC(=O)Nc1ccc(CC#N)cc1. The van der Waals surface area contributed by atoms with Gasteiger partial charge in [0.2, 0.25) is 0 Å². The summed E-state index contributed by atoms with van der Waals surface area (Å²) in [5.74, 6) is -0.841. The summed E-state index contributed by atoms with van der Waals surface area (Å²) in [6, 6.07) is 18.5. The molecule has 25 heavy (non-hydrogen) atoms. The molecule has 0 radical (unpaired) electrons. The maximum absolute atomic E-state index is 12.0. The highest BCUT2D eigenvalue weighted by Crippen LogP contribution is 2.23. The van der Waals surface area contributed by atoms with Crippen molar-refractivity contribution in [2.24, 2.45) is 0 Å². The lowest BCUT2D eigenvalue weighted by molar-refractivity contribution is -0.146. The van der Waals surface area contributed by atoms with E-state index in [0.717, 1.165) is 10.5 Å². The van der Waals surface area contributed by atoms with E-state index in [1.165, 1.54) is 11.8 Å². The molecule has 0 heterocycles. The number of amides is 1. The molecule has 6 heteroatoms. The monoisotopic (exact) mass is 354 g/mol. The van der Waals surface area contributed by atoms with Gasteiger partial charge in [0.1, 0.15) is 5.25 Å². The first-order chi connectivity index (χ1) is 12.1.